The number of carbonyl (C=O) groups is 3. The molecule has 34 heavy (non-hydrogen) atoms. The van der Waals surface area contributed by atoms with Gasteiger partial charge in [-0.05, 0) is 11.1 Å². The number of esters is 1. The molecule has 0 aromatic heterocycles. The molecular formula is C24H26ClN3O5S. The molecule has 2 heterocycles. The van der Waals surface area contributed by atoms with Crippen LogP contribution in [0.25, 0.3) is 0 Å². The smallest absolute Gasteiger partial charge is 0.409 e. The summed E-state index contributed by atoms with van der Waals surface area (Å²) in [5.74, 6) is -0.616. The fraction of sp³-hybridized carbons (Fsp3) is 0.292. The number of β-lactam (4-membered cyclic amide) rings is 1. The highest BCUT2D eigenvalue weighted by molar-refractivity contribution is 8.00. The van der Waals surface area contributed by atoms with Gasteiger partial charge in [0.1, 0.15) is 23.7 Å². The van der Waals surface area contributed by atoms with E-state index in [1.807, 2.05) is 60.7 Å². The summed E-state index contributed by atoms with van der Waals surface area (Å²) in [6, 6.07) is 18.1. The van der Waals surface area contributed by atoms with E-state index in [0.717, 1.165) is 11.1 Å². The van der Waals surface area contributed by atoms with Gasteiger partial charge in [0, 0.05) is 25.4 Å². The third kappa shape index (κ3) is 5.06. The normalized spacial score (nSPS) is 19.1. The summed E-state index contributed by atoms with van der Waals surface area (Å²) in [6.07, 6.45) is -1.21. The number of amides is 2. The van der Waals surface area contributed by atoms with Crippen LogP contribution in [0.2, 0.25) is 0 Å². The maximum atomic E-state index is 13.5. The number of nitrogens with two attached hydrogens (primary N) is 1. The van der Waals surface area contributed by atoms with Gasteiger partial charge in [-0.1, -0.05) is 60.7 Å². The van der Waals surface area contributed by atoms with Crippen molar-refractivity contribution in [3.8, 4) is 0 Å². The minimum absolute atomic E-state index is 0. The van der Waals surface area contributed by atoms with E-state index in [2.05, 4.69) is 0 Å². The number of hydrogen-bond acceptors (Lipinski definition) is 7. The Morgan fingerprint density at radius 1 is 1.09 bits per heavy atom. The first kappa shape index (κ1) is 25.6. The fourth-order valence-corrected chi connectivity index (χ4v) is 4.98. The lowest BCUT2D eigenvalue weighted by atomic mass is 10.0. The second kappa shape index (κ2) is 10.9. The molecule has 8 nitrogen and oxygen atoms in total. The predicted molar refractivity (Wildman–Crippen MR) is 131 cm³/mol. The largest absolute Gasteiger partial charge is 0.448 e. The van der Waals surface area contributed by atoms with Crippen LogP contribution in [-0.2, 0) is 19.1 Å². The summed E-state index contributed by atoms with van der Waals surface area (Å²) < 4.78 is 11.3. The summed E-state index contributed by atoms with van der Waals surface area (Å²) in [4.78, 5) is 40.7. The van der Waals surface area contributed by atoms with Gasteiger partial charge in [0.05, 0.1) is 0 Å². The van der Waals surface area contributed by atoms with Crippen LogP contribution in [0.5, 0.6) is 0 Å². The maximum Gasteiger partial charge on any atom is 0.409 e. The molecule has 2 amide bonds. The van der Waals surface area contributed by atoms with Crippen molar-refractivity contribution in [1.29, 1.82) is 0 Å². The first-order valence-electron chi connectivity index (χ1n) is 10.5. The Morgan fingerprint density at radius 3 is 2.18 bits per heavy atom. The van der Waals surface area contributed by atoms with Crippen molar-refractivity contribution in [2.75, 3.05) is 26.5 Å². The summed E-state index contributed by atoms with van der Waals surface area (Å²) in [5.41, 5.74) is 8.16. The first-order chi connectivity index (χ1) is 15.9. The molecule has 2 aliphatic rings. The lowest BCUT2D eigenvalue weighted by Crippen LogP contribution is -2.68. The standard InChI is InChI=1S/C24H25N3O5S.ClH/c1-26(2)24(30)31-13-17-14-33-22-18(25)21(28)27(22)19(17)23(29)32-20(15-9-5-3-6-10-15)16-11-7-4-8-12-16;/h3-12,18,20,22H,13-14,25H2,1-2H3;1H/t18?,22-;/m1./s1. The quantitative estimate of drug-likeness (QED) is 0.477. The lowest BCUT2D eigenvalue weighted by Gasteiger charge is -2.48. The number of halogens is 1. The molecule has 0 radical (unpaired) electrons. The van der Waals surface area contributed by atoms with E-state index < -0.39 is 24.2 Å². The van der Waals surface area contributed by atoms with Gasteiger partial charge in [0.2, 0.25) is 5.91 Å². The Hall–Kier alpha value is -3.01. The lowest BCUT2D eigenvalue weighted by molar-refractivity contribution is -0.153. The highest BCUT2D eigenvalue weighted by atomic mass is 35.5. The molecule has 1 saturated heterocycles. The average molecular weight is 504 g/mol. The highest BCUT2D eigenvalue weighted by Gasteiger charge is 2.52. The molecule has 1 fully saturated rings. The second-order valence-electron chi connectivity index (χ2n) is 7.94. The van der Waals surface area contributed by atoms with Crippen molar-refractivity contribution in [1.82, 2.24) is 9.80 Å². The molecule has 0 bridgehead atoms. The van der Waals surface area contributed by atoms with E-state index in [4.69, 9.17) is 15.2 Å². The average Bonchev–Trinajstić information content (AvgIpc) is 2.85. The van der Waals surface area contributed by atoms with Crippen LogP contribution in [0, 0.1) is 0 Å². The maximum absolute atomic E-state index is 13.5. The summed E-state index contributed by atoms with van der Waals surface area (Å²) >= 11 is 1.44. The third-order valence-corrected chi connectivity index (χ3v) is 6.81. The van der Waals surface area contributed by atoms with Crippen LogP contribution >= 0.6 is 24.2 Å². The molecular weight excluding hydrogens is 478 g/mol. The Balaban J connectivity index is 0.00000324. The van der Waals surface area contributed by atoms with Gasteiger partial charge >= 0.3 is 12.1 Å². The number of benzene rings is 2. The van der Waals surface area contributed by atoms with E-state index in [1.165, 1.54) is 21.6 Å². The van der Waals surface area contributed by atoms with Crippen molar-refractivity contribution in [3.63, 3.8) is 0 Å². The molecule has 2 atom stereocenters. The van der Waals surface area contributed by atoms with Crippen LogP contribution < -0.4 is 5.73 Å². The van der Waals surface area contributed by atoms with Crippen molar-refractivity contribution >= 4 is 42.1 Å². The number of thioether (sulfide) groups is 1. The van der Waals surface area contributed by atoms with E-state index in [-0.39, 0.29) is 36.0 Å². The van der Waals surface area contributed by atoms with Crippen LogP contribution in [0.15, 0.2) is 71.9 Å². The molecule has 2 aliphatic heterocycles. The van der Waals surface area contributed by atoms with Gasteiger partial charge in [-0.15, -0.1) is 24.2 Å². The molecule has 0 aliphatic carbocycles. The molecule has 0 spiro atoms. The minimum Gasteiger partial charge on any atom is -0.448 e. The van der Waals surface area contributed by atoms with E-state index in [1.54, 1.807) is 14.1 Å². The van der Waals surface area contributed by atoms with E-state index in [0.29, 0.717) is 11.3 Å². The van der Waals surface area contributed by atoms with Gasteiger partial charge < -0.3 is 20.1 Å². The zero-order valence-electron chi connectivity index (χ0n) is 18.7. The van der Waals surface area contributed by atoms with Gasteiger partial charge in [-0.3, -0.25) is 9.69 Å². The monoisotopic (exact) mass is 503 g/mol. The van der Waals surface area contributed by atoms with Crippen molar-refractivity contribution in [2.45, 2.75) is 17.5 Å². The number of fused-ring (bicyclic) bond motifs is 1. The fourth-order valence-electron chi connectivity index (χ4n) is 3.70. The number of nitrogens with zero attached hydrogens (tertiary/aromatic N) is 2. The van der Waals surface area contributed by atoms with Crippen molar-refractivity contribution < 1.29 is 23.9 Å². The number of rotatable bonds is 6. The van der Waals surface area contributed by atoms with Gasteiger partial charge in [-0.25, -0.2) is 9.59 Å². The van der Waals surface area contributed by atoms with Crippen molar-refractivity contribution in [3.05, 3.63) is 83.1 Å². The molecule has 0 saturated carbocycles. The topological polar surface area (TPSA) is 102 Å². The molecule has 2 N–H and O–H groups in total. The van der Waals surface area contributed by atoms with Crippen LogP contribution in [0.1, 0.15) is 17.2 Å². The highest BCUT2D eigenvalue weighted by Crippen LogP contribution is 2.40. The van der Waals surface area contributed by atoms with E-state index in [9.17, 15) is 14.4 Å². The first-order valence-corrected chi connectivity index (χ1v) is 11.5. The minimum atomic E-state index is -0.678. The predicted octanol–water partition coefficient (Wildman–Crippen LogP) is 2.94. The summed E-state index contributed by atoms with van der Waals surface area (Å²) in [5, 5.41) is -0.347. The second-order valence-corrected chi connectivity index (χ2v) is 9.05. The Kier molecular flexibility index (Phi) is 8.24. The van der Waals surface area contributed by atoms with Gasteiger partial charge in [0.15, 0.2) is 6.10 Å². The van der Waals surface area contributed by atoms with Crippen LogP contribution in [0.3, 0.4) is 0 Å². The molecule has 180 valence electrons. The number of hydrogen-bond donors (Lipinski definition) is 1. The van der Waals surface area contributed by atoms with Gasteiger partial charge in [-0.2, -0.15) is 0 Å². The number of ether oxygens (including phenoxy) is 2. The summed E-state index contributed by atoms with van der Waals surface area (Å²) in [6.45, 7) is -0.123. The van der Waals surface area contributed by atoms with Gasteiger partial charge in [0.25, 0.3) is 0 Å². The molecule has 2 aromatic rings. The molecule has 1 unspecified atom stereocenters. The zero-order valence-corrected chi connectivity index (χ0v) is 20.4. The zero-order chi connectivity index (χ0) is 23.5. The van der Waals surface area contributed by atoms with E-state index >= 15 is 0 Å². The third-order valence-electron chi connectivity index (χ3n) is 5.45. The Morgan fingerprint density at radius 2 is 1.65 bits per heavy atom. The Labute approximate surface area is 208 Å². The summed E-state index contributed by atoms with van der Waals surface area (Å²) in [7, 11) is 3.14. The SMILES string of the molecule is CN(C)C(=O)OCC1=C(C(=O)OC(c2ccccc2)c2ccccc2)N2C(=O)C(N)[C@H]2SC1.Cl. The molecule has 10 heteroatoms. The Bertz CT molecular complexity index is 1040. The van der Waals surface area contributed by atoms with Crippen LogP contribution in [-0.4, -0.2) is 65.6 Å². The number of carbonyl (C=O) groups excluding carboxylic acids is 3. The molecule has 4 rings (SSSR count). The van der Waals surface area contributed by atoms with Crippen molar-refractivity contribution in [2.24, 2.45) is 5.73 Å². The molecule has 2 aromatic carbocycles. The van der Waals surface area contributed by atoms with Crippen LogP contribution in [0.4, 0.5) is 4.79 Å².